The number of carbonyl (C=O) groups is 2. The number of nitrogens with one attached hydrogen (secondary N) is 2. The van der Waals surface area contributed by atoms with E-state index in [1.807, 2.05) is 69.4 Å². The van der Waals surface area contributed by atoms with E-state index in [4.69, 9.17) is 0 Å². The molecule has 0 aliphatic carbocycles. The Hall–Kier alpha value is -3.50. The predicted octanol–water partition coefficient (Wildman–Crippen LogP) is 4.22. The van der Waals surface area contributed by atoms with Crippen LogP contribution in [0.2, 0.25) is 0 Å². The summed E-state index contributed by atoms with van der Waals surface area (Å²) in [5.41, 5.74) is 3.51. The summed E-state index contributed by atoms with van der Waals surface area (Å²) in [6, 6.07) is 17.3. The molecule has 0 bridgehead atoms. The molecule has 0 aliphatic heterocycles. The maximum atomic E-state index is 12.5. The molecule has 8 nitrogen and oxygen atoms in total. The van der Waals surface area contributed by atoms with E-state index in [1.54, 1.807) is 10.6 Å². The summed E-state index contributed by atoms with van der Waals surface area (Å²) in [6.45, 7) is 4.17. The molecule has 4 rings (SSSR count). The van der Waals surface area contributed by atoms with Crippen LogP contribution in [0.4, 0.5) is 5.13 Å². The average molecular weight is 493 g/mol. The van der Waals surface area contributed by atoms with Gasteiger partial charge in [-0.15, -0.1) is 21.5 Å². The van der Waals surface area contributed by atoms with Gasteiger partial charge in [-0.1, -0.05) is 59.8 Å². The van der Waals surface area contributed by atoms with Crippen molar-refractivity contribution in [3.05, 3.63) is 76.4 Å². The Kier molecular flexibility index (Phi) is 7.39. The normalized spacial score (nSPS) is 10.8. The second-order valence-electron chi connectivity index (χ2n) is 7.64. The maximum Gasteiger partial charge on any atom is 0.251 e. The first-order valence-electron chi connectivity index (χ1n) is 10.6. The third kappa shape index (κ3) is 5.70. The van der Waals surface area contributed by atoms with Crippen LogP contribution in [0, 0.1) is 13.8 Å². The fraction of sp³-hybridized carbons (Fsp3) is 0.208. The van der Waals surface area contributed by atoms with E-state index in [1.165, 1.54) is 23.1 Å². The van der Waals surface area contributed by atoms with E-state index in [0.717, 1.165) is 21.7 Å². The zero-order valence-corrected chi connectivity index (χ0v) is 20.7. The molecule has 2 aromatic carbocycles. The number of thiazole rings is 1. The fourth-order valence-corrected chi connectivity index (χ4v) is 4.85. The number of rotatable bonds is 8. The molecule has 0 unspecified atom stereocenters. The number of aromatic nitrogens is 4. The molecule has 0 saturated heterocycles. The van der Waals surface area contributed by atoms with Crippen LogP contribution in [-0.2, 0) is 18.4 Å². The van der Waals surface area contributed by atoms with Crippen LogP contribution in [0.3, 0.4) is 0 Å². The average Bonchev–Trinajstić information content (AvgIpc) is 3.38. The van der Waals surface area contributed by atoms with Crippen molar-refractivity contribution in [3.8, 4) is 11.3 Å². The van der Waals surface area contributed by atoms with Gasteiger partial charge in [-0.05, 0) is 26.0 Å². The first-order chi connectivity index (χ1) is 16.4. The molecule has 2 N–H and O–H groups in total. The summed E-state index contributed by atoms with van der Waals surface area (Å²) in [4.78, 5) is 30.5. The number of anilines is 1. The summed E-state index contributed by atoms with van der Waals surface area (Å²) in [5.74, 6) is 0.428. The van der Waals surface area contributed by atoms with Crippen molar-refractivity contribution in [1.29, 1.82) is 0 Å². The Labute approximate surface area is 205 Å². The second-order valence-corrected chi connectivity index (χ2v) is 9.78. The summed E-state index contributed by atoms with van der Waals surface area (Å²) in [6.07, 6.45) is 0. The SMILES string of the molecule is Cc1cccc(C(=O)NCc2nnc(SCC(=O)Nc3nc(-c4ccccc4)c(C)s3)n2C)c1. The van der Waals surface area contributed by atoms with Gasteiger partial charge in [0, 0.05) is 23.1 Å². The molecule has 0 radical (unpaired) electrons. The summed E-state index contributed by atoms with van der Waals surface area (Å²) in [5, 5.41) is 15.2. The number of benzene rings is 2. The smallest absolute Gasteiger partial charge is 0.251 e. The van der Waals surface area contributed by atoms with Crippen LogP contribution in [-0.4, -0.2) is 37.3 Å². The van der Waals surface area contributed by atoms with Gasteiger partial charge in [0.25, 0.3) is 5.91 Å². The van der Waals surface area contributed by atoms with Crippen LogP contribution in [0.5, 0.6) is 0 Å². The Morgan fingerprint density at radius 1 is 1.06 bits per heavy atom. The van der Waals surface area contributed by atoms with E-state index in [0.29, 0.717) is 21.7 Å². The summed E-state index contributed by atoms with van der Waals surface area (Å²) in [7, 11) is 1.81. The van der Waals surface area contributed by atoms with E-state index >= 15 is 0 Å². The monoisotopic (exact) mass is 492 g/mol. The second kappa shape index (κ2) is 10.6. The van der Waals surface area contributed by atoms with Crippen molar-refractivity contribution >= 4 is 40.0 Å². The number of nitrogens with zero attached hydrogens (tertiary/aromatic N) is 4. The molecule has 2 amide bonds. The number of amides is 2. The highest BCUT2D eigenvalue weighted by atomic mass is 32.2. The largest absolute Gasteiger partial charge is 0.345 e. The van der Waals surface area contributed by atoms with Gasteiger partial charge < -0.3 is 15.2 Å². The molecule has 2 heterocycles. The Balaban J connectivity index is 1.30. The van der Waals surface area contributed by atoms with Crippen molar-refractivity contribution in [2.75, 3.05) is 11.1 Å². The molecule has 0 spiro atoms. The Morgan fingerprint density at radius 3 is 2.62 bits per heavy atom. The van der Waals surface area contributed by atoms with Gasteiger partial charge in [0.05, 0.1) is 18.0 Å². The minimum atomic E-state index is -0.172. The molecule has 0 saturated carbocycles. The fourth-order valence-electron chi connectivity index (χ4n) is 3.27. The van der Waals surface area contributed by atoms with Gasteiger partial charge in [-0.25, -0.2) is 4.98 Å². The molecule has 0 atom stereocenters. The van der Waals surface area contributed by atoms with Crippen molar-refractivity contribution in [2.24, 2.45) is 7.05 Å². The summed E-state index contributed by atoms with van der Waals surface area (Å²) >= 11 is 2.73. The van der Waals surface area contributed by atoms with Gasteiger partial charge in [0.2, 0.25) is 5.91 Å². The molecule has 34 heavy (non-hydrogen) atoms. The zero-order chi connectivity index (χ0) is 24.1. The molecule has 174 valence electrons. The van der Waals surface area contributed by atoms with Crippen LogP contribution in [0.25, 0.3) is 11.3 Å². The van der Waals surface area contributed by atoms with E-state index in [-0.39, 0.29) is 24.1 Å². The number of hydrogen-bond donors (Lipinski definition) is 2. The lowest BCUT2D eigenvalue weighted by atomic mass is 10.1. The maximum absolute atomic E-state index is 12.5. The van der Waals surface area contributed by atoms with Crippen LogP contribution in [0.1, 0.15) is 26.6 Å². The Bertz CT molecular complexity index is 1320. The molecular formula is C24H24N6O2S2. The lowest BCUT2D eigenvalue weighted by Gasteiger charge is -2.06. The quantitative estimate of drug-likeness (QED) is 0.357. The highest BCUT2D eigenvalue weighted by molar-refractivity contribution is 7.99. The number of aryl methyl sites for hydroxylation is 2. The summed E-state index contributed by atoms with van der Waals surface area (Å²) < 4.78 is 1.77. The van der Waals surface area contributed by atoms with E-state index in [2.05, 4.69) is 25.8 Å². The standard InChI is InChI=1S/C24H24N6O2S2/c1-15-8-7-11-18(12-15)22(32)25-13-19-28-29-24(30(19)3)33-14-20(31)26-23-27-21(16(2)34-23)17-9-5-4-6-10-17/h4-12H,13-14H2,1-3H3,(H,25,32)(H,26,27,31). The number of thioether (sulfide) groups is 1. The van der Waals surface area contributed by atoms with Crippen LogP contribution < -0.4 is 10.6 Å². The predicted molar refractivity (Wildman–Crippen MR) is 135 cm³/mol. The molecule has 0 aliphatic rings. The first-order valence-corrected chi connectivity index (χ1v) is 12.4. The first kappa shape index (κ1) is 23.7. The van der Waals surface area contributed by atoms with Gasteiger partial charge >= 0.3 is 0 Å². The topological polar surface area (TPSA) is 102 Å². The molecule has 2 aromatic heterocycles. The number of carbonyl (C=O) groups excluding carboxylic acids is 2. The highest BCUT2D eigenvalue weighted by Gasteiger charge is 2.15. The molecular weight excluding hydrogens is 468 g/mol. The lowest BCUT2D eigenvalue weighted by molar-refractivity contribution is -0.113. The van der Waals surface area contributed by atoms with E-state index in [9.17, 15) is 9.59 Å². The van der Waals surface area contributed by atoms with Crippen molar-refractivity contribution < 1.29 is 9.59 Å². The van der Waals surface area contributed by atoms with Gasteiger partial charge in [0.15, 0.2) is 16.1 Å². The molecule has 0 fully saturated rings. The lowest BCUT2D eigenvalue weighted by Crippen LogP contribution is -2.24. The highest BCUT2D eigenvalue weighted by Crippen LogP contribution is 2.30. The van der Waals surface area contributed by atoms with E-state index < -0.39 is 0 Å². The third-order valence-corrected chi connectivity index (χ3v) is 6.94. The molecule has 4 aromatic rings. The van der Waals surface area contributed by atoms with Crippen molar-refractivity contribution in [1.82, 2.24) is 25.1 Å². The van der Waals surface area contributed by atoms with Crippen LogP contribution in [0.15, 0.2) is 59.8 Å². The third-order valence-electron chi connectivity index (χ3n) is 5.03. The van der Waals surface area contributed by atoms with Crippen molar-refractivity contribution in [3.63, 3.8) is 0 Å². The zero-order valence-electron chi connectivity index (χ0n) is 19.0. The van der Waals surface area contributed by atoms with Gasteiger partial charge in [-0.2, -0.15) is 0 Å². The number of hydrogen-bond acceptors (Lipinski definition) is 7. The molecule has 10 heteroatoms. The van der Waals surface area contributed by atoms with Gasteiger partial charge in [0.1, 0.15) is 0 Å². The van der Waals surface area contributed by atoms with Gasteiger partial charge in [-0.3, -0.25) is 9.59 Å². The van der Waals surface area contributed by atoms with Crippen LogP contribution >= 0.6 is 23.1 Å². The minimum absolute atomic E-state index is 0.168. The van der Waals surface area contributed by atoms with Crippen molar-refractivity contribution in [2.45, 2.75) is 25.5 Å². The Morgan fingerprint density at radius 2 is 1.85 bits per heavy atom. The minimum Gasteiger partial charge on any atom is -0.345 e.